The van der Waals surface area contributed by atoms with E-state index in [1.54, 1.807) is 0 Å². The van der Waals surface area contributed by atoms with Gasteiger partial charge in [-0.3, -0.25) is 14.6 Å². The molecule has 102 valence electrons. The maximum absolute atomic E-state index is 11.6. The number of aliphatic hydroxyl groups is 1. The Morgan fingerprint density at radius 1 is 1.17 bits per heavy atom. The maximum Gasteiger partial charge on any atom is 0.307 e. The zero-order chi connectivity index (χ0) is 13.0. The molecule has 0 saturated carbocycles. The van der Waals surface area contributed by atoms with Crippen LogP contribution < -0.4 is 4.87 Å². The van der Waals surface area contributed by atoms with Gasteiger partial charge >= 0.3 is 4.87 Å². The largest absolute Gasteiger partial charge is 0.395 e. The first-order chi connectivity index (χ1) is 8.70. The third-order valence-electron chi connectivity index (χ3n) is 3.50. The fourth-order valence-electron chi connectivity index (χ4n) is 2.29. The minimum absolute atomic E-state index is 0.145. The van der Waals surface area contributed by atoms with Crippen molar-refractivity contribution in [2.24, 2.45) is 0 Å². The molecule has 1 fully saturated rings. The highest BCUT2D eigenvalue weighted by molar-refractivity contribution is 7.07. The van der Waals surface area contributed by atoms with Crippen LogP contribution in [0.1, 0.15) is 5.69 Å². The van der Waals surface area contributed by atoms with Crippen molar-refractivity contribution in [3.63, 3.8) is 0 Å². The lowest BCUT2D eigenvalue weighted by Crippen LogP contribution is -2.48. The molecule has 1 aliphatic rings. The normalized spacial score (nSPS) is 18.3. The number of piperazine rings is 1. The molecular weight excluding hydrogens is 250 g/mol. The van der Waals surface area contributed by atoms with Gasteiger partial charge in [0.15, 0.2) is 0 Å². The molecule has 0 atom stereocenters. The number of hydrogen-bond donors (Lipinski definition) is 1. The molecular formula is C12H21N3O2S. The Hall–Kier alpha value is -0.690. The summed E-state index contributed by atoms with van der Waals surface area (Å²) in [5, 5.41) is 10.8. The number of thiazole rings is 1. The van der Waals surface area contributed by atoms with Crippen LogP contribution >= 0.6 is 11.3 Å². The van der Waals surface area contributed by atoms with Crippen molar-refractivity contribution in [2.45, 2.75) is 13.5 Å². The molecule has 2 heterocycles. The van der Waals surface area contributed by atoms with Crippen molar-refractivity contribution in [1.29, 1.82) is 0 Å². The number of aryl methyl sites for hydroxylation is 1. The van der Waals surface area contributed by atoms with Gasteiger partial charge < -0.3 is 9.67 Å². The van der Waals surface area contributed by atoms with Gasteiger partial charge in [-0.25, -0.2) is 0 Å². The van der Waals surface area contributed by atoms with Gasteiger partial charge in [-0.05, 0) is 6.92 Å². The summed E-state index contributed by atoms with van der Waals surface area (Å²) in [6.45, 7) is 8.79. The molecule has 2 rings (SSSR count). The van der Waals surface area contributed by atoms with Crippen LogP contribution in [-0.4, -0.2) is 65.3 Å². The summed E-state index contributed by atoms with van der Waals surface area (Å²) in [5.74, 6) is 0. The van der Waals surface area contributed by atoms with Crippen molar-refractivity contribution in [3.8, 4) is 0 Å². The quantitative estimate of drug-likeness (QED) is 0.808. The molecule has 0 aromatic carbocycles. The van der Waals surface area contributed by atoms with Crippen LogP contribution in [0.5, 0.6) is 0 Å². The molecule has 0 amide bonds. The highest BCUT2D eigenvalue weighted by Gasteiger charge is 2.16. The number of aromatic nitrogens is 1. The topological polar surface area (TPSA) is 48.7 Å². The van der Waals surface area contributed by atoms with E-state index in [2.05, 4.69) is 9.80 Å². The zero-order valence-electron chi connectivity index (χ0n) is 10.8. The van der Waals surface area contributed by atoms with E-state index in [1.165, 1.54) is 11.3 Å². The first-order valence-corrected chi connectivity index (χ1v) is 7.29. The molecule has 1 aromatic heterocycles. The van der Waals surface area contributed by atoms with Crippen LogP contribution in [0.4, 0.5) is 0 Å². The van der Waals surface area contributed by atoms with Gasteiger partial charge in [0.2, 0.25) is 0 Å². The van der Waals surface area contributed by atoms with E-state index in [0.717, 1.165) is 51.5 Å². The second-order valence-electron chi connectivity index (χ2n) is 4.70. The Labute approximate surface area is 111 Å². The molecule has 1 aromatic rings. The van der Waals surface area contributed by atoms with Crippen molar-refractivity contribution in [1.82, 2.24) is 14.4 Å². The van der Waals surface area contributed by atoms with Crippen molar-refractivity contribution in [3.05, 3.63) is 20.7 Å². The lowest BCUT2D eigenvalue weighted by molar-refractivity contribution is 0.110. The summed E-state index contributed by atoms with van der Waals surface area (Å²) in [6.07, 6.45) is 0. The van der Waals surface area contributed by atoms with Gasteiger partial charge in [-0.1, -0.05) is 11.3 Å². The molecule has 0 unspecified atom stereocenters. The van der Waals surface area contributed by atoms with Gasteiger partial charge in [0.05, 0.1) is 6.61 Å². The first kappa shape index (κ1) is 13.7. The third-order valence-corrected chi connectivity index (χ3v) is 4.38. The lowest BCUT2D eigenvalue weighted by atomic mass is 10.3. The Morgan fingerprint density at radius 3 is 2.28 bits per heavy atom. The van der Waals surface area contributed by atoms with E-state index in [4.69, 9.17) is 5.11 Å². The predicted molar refractivity (Wildman–Crippen MR) is 73.3 cm³/mol. The van der Waals surface area contributed by atoms with E-state index in [1.807, 2.05) is 16.9 Å². The van der Waals surface area contributed by atoms with Crippen LogP contribution in [0.15, 0.2) is 10.2 Å². The third kappa shape index (κ3) is 3.41. The second-order valence-corrected chi connectivity index (χ2v) is 5.52. The van der Waals surface area contributed by atoms with Crippen LogP contribution in [0.3, 0.4) is 0 Å². The maximum atomic E-state index is 11.6. The number of nitrogens with zero attached hydrogens (tertiary/aromatic N) is 3. The van der Waals surface area contributed by atoms with Gasteiger partial charge in [0.25, 0.3) is 0 Å². The number of aliphatic hydroxyl groups excluding tert-OH is 1. The minimum atomic E-state index is 0.145. The molecule has 18 heavy (non-hydrogen) atoms. The summed E-state index contributed by atoms with van der Waals surface area (Å²) in [4.78, 5) is 16.4. The lowest BCUT2D eigenvalue weighted by Gasteiger charge is -2.34. The Balaban J connectivity index is 1.77. The van der Waals surface area contributed by atoms with E-state index in [0.29, 0.717) is 0 Å². The van der Waals surface area contributed by atoms with E-state index < -0.39 is 0 Å². The highest BCUT2D eigenvalue weighted by Crippen LogP contribution is 2.03. The second kappa shape index (κ2) is 6.47. The molecule has 6 heteroatoms. The van der Waals surface area contributed by atoms with Gasteiger partial charge in [0.1, 0.15) is 0 Å². The predicted octanol–water partition coefficient (Wildman–Crippen LogP) is -0.172. The Bertz CT molecular complexity index is 421. The van der Waals surface area contributed by atoms with Crippen LogP contribution in [0.25, 0.3) is 0 Å². The minimum Gasteiger partial charge on any atom is -0.395 e. The van der Waals surface area contributed by atoms with Crippen LogP contribution in [0.2, 0.25) is 0 Å². The Morgan fingerprint density at radius 2 is 1.78 bits per heavy atom. The summed E-state index contributed by atoms with van der Waals surface area (Å²) >= 11 is 1.28. The summed E-state index contributed by atoms with van der Waals surface area (Å²) < 4.78 is 1.85. The smallest absolute Gasteiger partial charge is 0.307 e. The monoisotopic (exact) mass is 271 g/mol. The van der Waals surface area contributed by atoms with Gasteiger partial charge in [-0.2, -0.15) is 0 Å². The van der Waals surface area contributed by atoms with Gasteiger partial charge in [0, 0.05) is 56.9 Å². The molecule has 5 nitrogen and oxygen atoms in total. The van der Waals surface area contributed by atoms with Crippen LogP contribution in [-0.2, 0) is 6.54 Å². The molecule has 0 aliphatic carbocycles. The molecule has 1 N–H and O–H groups in total. The average molecular weight is 271 g/mol. The summed E-state index contributed by atoms with van der Waals surface area (Å²) in [5.41, 5.74) is 1.06. The Kier molecular flexibility index (Phi) is 4.94. The fourth-order valence-corrected chi connectivity index (χ4v) is 3.06. The van der Waals surface area contributed by atoms with Crippen molar-refractivity contribution < 1.29 is 5.11 Å². The summed E-state index contributed by atoms with van der Waals surface area (Å²) in [6, 6.07) is 0. The number of rotatable bonds is 5. The standard InChI is InChI=1S/C12H21N3O2S/c1-11-10-18-12(17)15(11)7-6-13-2-4-14(5-3-13)8-9-16/h10,16H,2-9H2,1H3. The molecule has 1 aliphatic heterocycles. The molecule has 0 radical (unpaired) electrons. The SMILES string of the molecule is Cc1csc(=O)n1CCN1CCN(CCO)CC1. The molecule has 0 spiro atoms. The number of β-amino-alcohol motifs (C(OH)–C–C–N with tert-alkyl or cyclic N) is 1. The van der Waals surface area contributed by atoms with Crippen molar-refractivity contribution in [2.75, 3.05) is 45.9 Å². The molecule has 1 saturated heterocycles. The van der Waals surface area contributed by atoms with E-state index in [9.17, 15) is 4.79 Å². The van der Waals surface area contributed by atoms with Gasteiger partial charge in [-0.15, -0.1) is 0 Å². The van der Waals surface area contributed by atoms with E-state index >= 15 is 0 Å². The average Bonchev–Trinajstić information content (AvgIpc) is 2.69. The van der Waals surface area contributed by atoms with Crippen molar-refractivity contribution >= 4 is 11.3 Å². The number of hydrogen-bond acceptors (Lipinski definition) is 5. The first-order valence-electron chi connectivity index (χ1n) is 6.41. The zero-order valence-corrected chi connectivity index (χ0v) is 11.7. The highest BCUT2D eigenvalue weighted by atomic mass is 32.1. The fraction of sp³-hybridized carbons (Fsp3) is 0.750. The molecule has 0 bridgehead atoms. The summed E-state index contributed by atoms with van der Waals surface area (Å²) in [7, 11) is 0. The van der Waals surface area contributed by atoms with E-state index in [-0.39, 0.29) is 11.5 Å². The van der Waals surface area contributed by atoms with Crippen LogP contribution in [0, 0.1) is 6.92 Å².